The summed E-state index contributed by atoms with van der Waals surface area (Å²) in [5.41, 5.74) is 4.89. The highest BCUT2D eigenvalue weighted by molar-refractivity contribution is 5.97. The lowest BCUT2D eigenvalue weighted by atomic mass is 10.1. The Morgan fingerprint density at radius 3 is 2.43 bits per heavy atom. The molecule has 0 saturated carbocycles. The fourth-order valence-corrected chi connectivity index (χ4v) is 1.59. The number of carbonyl (C=O) groups excluding carboxylic acids is 2. The summed E-state index contributed by atoms with van der Waals surface area (Å²) in [7, 11) is 0. The molecule has 0 aromatic heterocycles. The van der Waals surface area contributed by atoms with E-state index in [4.69, 9.17) is 5.73 Å². The molecular formula is C13H18N4O4. The third kappa shape index (κ3) is 5.09. The van der Waals surface area contributed by atoms with Crippen molar-refractivity contribution < 1.29 is 14.5 Å². The van der Waals surface area contributed by atoms with Gasteiger partial charge in [0.2, 0.25) is 5.91 Å². The summed E-state index contributed by atoms with van der Waals surface area (Å²) in [6.45, 7) is 5.28. The lowest BCUT2D eigenvalue weighted by molar-refractivity contribution is -0.383. The molecule has 0 spiro atoms. The van der Waals surface area contributed by atoms with E-state index >= 15 is 0 Å². The van der Waals surface area contributed by atoms with Crippen LogP contribution in [-0.2, 0) is 4.79 Å². The molecule has 0 unspecified atom stereocenters. The van der Waals surface area contributed by atoms with E-state index < -0.39 is 10.8 Å². The summed E-state index contributed by atoms with van der Waals surface area (Å²) in [6, 6.07) is 3.64. The highest BCUT2D eigenvalue weighted by Crippen LogP contribution is 2.21. The van der Waals surface area contributed by atoms with Gasteiger partial charge in [0.05, 0.1) is 11.5 Å². The molecular weight excluding hydrogens is 276 g/mol. The van der Waals surface area contributed by atoms with Crippen LogP contribution < -0.4 is 16.4 Å². The summed E-state index contributed by atoms with van der Waals surface area (Å²) in [5, 5.41) is 15.7. The Morgan fingerprint density at radius 2 is 1.95 bits per heavy atom. The Labute approximate surface area is 121 Å². The normalized spacial score (nSPS) is 10.8. The summed E-state index contributed by atoms with van der Waals surface area (Å²) in [4.78, 5) is 33.4. The molecule has 0 atom stereocenters. The topological polar surface area (TPSA) is 127 Å². The predicted molar refractivity (Wildman–Crippen MR) is 77.7 cm³/mol. The maximum atomic E-state index is 11.8. The molecule has 0 bridgehead atoms. The van der Waals surface area contributed by atoms with Gasteiger partial charge in [0.25, 0.3) is 11.6 Å². The SMILES string of the molecule is CC(C)(C)NC(=O)CNC(=O)c1ccc([N+](=O)[O-])c(N)c1. The molecule has 2 amide bonds. The van der Waals surface area contributed by atoms with Gasteiger partial charge in [-0.25, -0.2) is 0 Å². The van der Waals surface area contributed by atoms with Crippen LogP contribution in [0.3, 0.4) is 0 Å². The van der Waals surface area contributed by atoms with E-state index in [0.29, 0.717) is 0 Å². The van der Waals surface area contributed by atoms with Crippen molar-refractivity contribution in [3.63, 3.8) is 0 Å². The molecule has 4 N–H and O–H groups in total. The minimum atomic E-state index is -0.631. The Bertz CT molecular complexity index is 578. The second kappa shape index (κ2) is 6.21. The van der Waals surface area contributed by atoms with Crippen molar-refractivity contribution in [3.05, 3.63) is 33.9 Å². The van der Waals surface area contributed by atoms with Gasteiger partial charge in [-0.15, -0.1) is 0 Å². The van der Waals surface area contributed by atoms with Crippen LogP contribution in [0.25, 0.3) is 0 Å². The molecule has 114 valence electrons. The quantitative estimate of drug-likeness (QED) is 0.430. The van der Waals surface area contributed by atoms with Crippen molar-refractivity contribution in [3.8, 4) is 0 Å². The second-order valence-corrected chi connectivity index (χ2v) is 5.51. The van der Waals surface area contributed by atoms with Crippen LogP contribution in [0.4, 0.5) is 11.4 Å². The Kier molecular flexibility index (Phi) is 4.85. The zero-order valence-corrected chi connectivity index (χ0v) is 12.1. The van der Waals surface area contributed by atoms with Gasteiger partial charge < -0.3 is 16.4 Å². The molecule has 0 aliphatic rings. The van der Waals surface area contributed by atoms with Crippen LogP contribution in [0, 0.1) is 10.1 Å². The molecule has 0 aliphatic heterocycles. The fraction of sp³-hybridized carbons (Fsp3) is 0.385. The number of nitrogen functional groups attached to an aromatic ring is 1. The van der Waals surface area contributed by atoms with Gasteiger partial charge in [-0.3, -0.25) is 19.7 Å². The third-order valence-corrected chi connectivity index (χ3v) is 2.41. The Hall–Kier alpha value is -2.64. The fourth-order valence-electron chi connectivity index (χ4n) is 1.59. The van der Waals surface area contributed by atoms with Crippen molar-refractivity contribution in [2.45, 2.75) is 26.3 Å². The highest BCUT2D eigenvalue weighted by atomic mass is 16.6. The number of amides is 2. The van der Waals surface area contributed by atoms with E-state index in [1.807, 2.05) is 20.8 Å². The average Bonchev–Trinajstić information content (AvgIpc) is 2.33. The zero-order chi connectivity index (χ0) is 16.2. The second-order valence-electron chi connectivity index (χ2n) is 5.51. The van der Waals surface area contributed by atoms with Crippen LogP contribution in [0.15, 0.2) is 18.2 Å². The minimum Gasteiger partial charge on any atom is -0.393 e. The summed E-state index contributed by atoms with van der Waals surface area (Å²) >= 11 is 0. The summed E-state index contributed by atoms with van der Waals surface area (Å²) in [6.07, 6.45) is 0. The number of anilines is 1. The van der Waals surface area contributed by atoms with Crippen LogP contribution in [-0.4, -0.2) is 28.8 Å². The summed E-state index contributed by atoms with van der Waals surface area (Å²) < 4.78 is 0. The number of nitrogens with zero attached hydrogens (tertiary/aromatic N) is 1. The molecule has 8 heteroatoms. The molecule has 0 radical (unpaired) electrons. The van der Waals surface area contributed by atoms with Gasteiger partial charge in [0.1, 0.15) is 5.69 Å². The van der Waals surface area contributed by atoms with Gasteiger partial charge >= 0.3 is 0 Å². The van der Waals surface area contributed by atoms with Crippen LogP contribution in [0.2, 0.25) is 0 Å². The molecule has 0 heterocycles. The van der Waals surface area contributed by atoms with E-state index in [2.05, 4.69) is 10.6 Å². The van der Waals surface area contributed by atoms with Crippen molar-refractivity contribution in [1.29, 1.82) is 0 Å². The number of carbonyl (C=O) groups is 2. The van der Waals surface area contributed by atoms with Crippen LogP contribution >= 0.6 is 0 Å². The molecule has 1 rings (SSSR count). The number of benzene rings is 1. The van der Waals surface area contributed by atoms with E-state index in [1.165, 1.54) is 12.1 Å². The lowest BCUT2D eigenvalue weighted by Gasteiger charge is -2.20. The first kappa shape index (κ1) is 16.4. The number of hydrogen-bond acceptors (Lipinski definition) is 5. The predicted octanol–water partition coefficient (Wildman–Crippen LogP) is 0.821. The molecule has 8 nitrogen and oxygen atoms in total. The maximum absolute atomic E-state index is 11.8. The first-order valence-electron chi connectivity index (χ1n) is 6.23. The molecule has 0 fully saturated rings. The van der Waals surface area contributed by atoms with E-state index in [9.17, 15) is 19.7 Å². The molecule has 0 saturated heterocycles. The highest BCUT2D eigenvalue weighted by Gasteiger charge is 2.17. The Balaban J connectivity index is 2.67. The third-order valence-electron chi connectivity index (χ3n) is 2.41. The number of nitrogens with two attached hydrogens (primary N) is 1. The van der Waals surface area contributed by atoms with E-state index in [1.54, 1.807) is 0 Å². The van der Waals surface area contributed by atoms with Gasteiger partial charge in [-0.2, -0.15) is 0 Å². The van der Waals surface area contributed by atoms with Gasteiger partial charge in [0, 0.05) is 17.2 Å². The van der Waals surface area contributed by atoms with Crippen LogP contribution in [0.5, 0.6) is 0 Å². The number of nitro groups is 1. The largest absolute Gasteiger partial charge is 0.393 e. The van der Waals surface area contributed by atoms with Crippen molar-refractivity contribution >= 4 is 23.2 Å². The van der Waals surface area contributed by atoms with Crippen molar-refractivity contribution in [2.24, 2.45) is 0 Å². The van der Waals surface area contributed by atoms with Gasteiger partial charge in [0.15, 0.2) is 0 Å². The zero-order valence-electron chi connectivity index (χ0n) is 12.1. The van der Waals surface area contributed by atoms with Crippen molar-refractivity contribution in [1.82, 2.24) is 10.6 Å². The van der Waals surface area contributed by atoms with Crippen molar-refractivity contribution in [2.75, 3.05) is 12.3 Å². The Morgan fingerprint density at radius 1 is 1.33 bits per heavy atom. The first-order chi connectivity index (χ1) is 9.60. The standard InChI is InChI=1S/C13H18N4O4/c1-13(2,3)16-11(18)7-15-12(19)8-4-5-10(17(20)21)9(14)6-8/h4-6H,7,14H2,1-3H3,(H,15,19)(H,16,18). The van der Waals surface area contributed by atoms with Gasteiger partial charge in [-0.1, -0.05) is 0 Å². The lowest BCUT2D eigenvalue weighted by Crippen LogP contribution is -2.45. The number of rotatable bonds is 4. The summed E-state index contributed by atoms with van der Waals surface area (Å²) in [5.74, 6) is -0.855. The van der Waals surface area contributed by atoms with E-state index in [-0.39, 0.29) is 34.9 Å². The molecule has 1 aromatic carbocycles. The number of nitrogens with one attached hydrogen (secondary N) is 2. The smallest absolute Gasteiger partial charge is 0.292 e. The molecule has 21 heavy (non-hydrogen) atoms. The monoisotopic (exact) mass is 294 g/mol. The molecule has 1 aromatic rings. The first-order valence-corrected chi connectivity index (χ1v) is 6.23. The number of hydrogen-bond donors (Lipinski definition) is 3. The van der Waals surface area contributed by atoms with Gasteiger partial charge in [-0.05, 0) is 32.9 Å². The molecule has 0 aliphatic carbocycles. The number of nitro benzene ring substituents is 1. The minimum absolute atomic E-state index is 0.105. The van der Waals surface area contributed by atoms with Crippen LogP contribution in [0.1, 0.15) is 31.1 Å². The maximum Gasteiger partial charge on any atom is 0.292 e. The average molecular weight is 294 g/mol. The van der Waals surface area contributed by atoms with E-state index in [0.717, 1.165) is 6.07 Å².